The van der Waals surface area contributed by atoms with Crippen molar-refractivity contribution in [2.24, 2.45) is 0 Å². The lowest BCUT2D eigenvalue weighted by atomic mass is 10.0. The molecule has 0 aliphatic carbocycles. The molecule has 0 saturated carbocycles. The third kappa shape index (κ3) is 48.3. The summed E-state index contributed by atoms with van der Waals surface area (Å²) in [7, 11) is 0. The summed E-state index contributed by atoms with van der Waals surface area (Å²) in [6.07, 6.45) is 67.5. The lowest BCUT2D eigenvalue weighted by molar-refractivity contribution is -0.161. The van der Waals surface area contributed by atoms with E-state index in [1.807, 2.05) is 0 Å². The van der Waals surface area contributed by atoms with Crippen LogP contribution >= 0.6 is 0 Å². The van der Waals surface area contributed by atoms with Crippen LogP contribution in [-0.2, 0) is 19.1 Å². The summed E-state index contributed by atoms with van der Waals surface area (Å²) >= 11 is 0. The van der Waals surface area contributed by atoms with Crippen molar-refractivity contribution in [2.75, 3.05) is 13.2 Å². The van der Waals surface area contributed by atoms with Gasteiger partial charge in [-0.15, -0.1) is 0 Å². The molecule has 5 nitrogen and oxygen atoms in total. The van der Waals surface area contributed by atoms with Crippen molar-refractivity contribution >= 4 is 11.9 Å². The number of allylic oxidation sites excluding steroid dienone is 10. The fraction of sp³-hybridized carbons (Fsp3) is 0.782. The number of rotatable bonds is 47. The van der Waals surface area contributed by atoms with Gasteiger partial charge in [0.05, 0.1) is 6.61 Å². The number of hydrogen-bond acceptors (Lipinski definition) is 5. The molecule has 0 spiro atoms. The molecule has 0 amide bonds. The Bertz CT molecular complexity index is 1040. The van der Waals surface area contributed by atoms with E-state index in [1.54, 1.807) is 0 Å². The molecule has 0 bridgehead atoms. The number of aliphatic hydroxyl groups is 1. The predicted molar refractivity (Wildman–Crippen MR) is 260 cm³/mol. The van der Waals surface area contributed by atoms with Crippen molar-refractivity contribution in [1.82, 2.24) is 0 Å². The van der Waals surface area contributed by atoms with E-state index in [0.717, 1.165) is 89.9 Å². The predicted octanol–water partition coefficient (Wildman–Crippen LogP) is 17.1. The van der Waals surface area contributed by atoms with E-state index >= 15 is 0 Å². The summed E-state index contributed by atoms with van der Waals surface area (Å²) < 4.78 is 10.7. The van der Waals surface area contributed by atoms with E-state index in [2.05, 4.69) is 74.6 Å². The molecular weight excluding hydrogens is 741 g/mol. The van der Waals surface area contributed by atoms with E-state index < -0.39 is 6.10 Å². The molecule has 1 unspecified atom stereocenters. The lowest BCUT2D eigenvalue weighted by Crippen LogP contribution is -2.28. The summed E-state index contributed by atoms with van der Waals surface area (Å²) in [6.45, 7) is 4.04. The molecule has 0 aromatic rings. The SMILES string of the molecule is CC/C=C\C/C=C\C/C=C\C/C=C\C/C=C\CCCCCCCC(=O)OC(CO)COC(=O)CCCCCCCCCCCCCCCCCCCCCCCCCCC. The van der Waals surface area contributed by atoms with Crippen molar-refractivity contribution in [3.63, 3.8) is 0 Å². The topological polar surface area (TPSA) is 72.8 Å². The van der Waals surface area contributed by atoms with Crippen molar-refractivity contribution in [1.29, 1.82) is 0 Å². The second kappa shape index (κ2) is 51.0. The fourth-order valence-corrected chi connectivity index (χ4v) is 7.47. The number of aliphatic hydroxyl groups excluding tert-OH is 1. The zero-order valence-corrected chi connectivity index (χ0v) is 39.7. The van der Waals surface area contributed by atoms with Gasteiger partial charge in [-0.1, -0.05) is 248 Å². The van der Waals surface area contributed by atoms with Gasteiger partial charge in [0.25, 0.3) is 0 Å². The van der Waals surface area contributed by atoms with Gasteiger partial charge < -0.3 is 14.6 Å². The summed E-state index contributed by atoms with van der Waals surface area (Å²) in [5.74, 6) is -0.604. The number of ether oxygens (including phenoxy) is 2. The highest BCUT2D eigenvalue weighted by atomic mass is 16.6. The van der Waals surface area contributed by atoms with Crippen molar-refractivity contribution in [3.8, 4) is 0 Å². The van der Waals surface area contributed by atoms with Crippen LogP contribution in [0.5, 0.6) is 0 Å². The molecule has 0 aliphatic rings. The average Bonchev–Trinajstić information content (AvgIpc) is 3.25. The van der Waals surface area contributed by atoms with Crippen molar-refractivity contribution < 1.29 is 24.2 Å². The van der Waals surface area contributed by atoms with Crippen molar-refractivity contribution in [3.05, 3.63) is 60.8 Å². The highest BCUT2D eigenvalue weighted by Crippen LogP contribution is 2.16. The van der Waals surface area contributed by atoms with E-state index in [1.165, 1.54) is 141 Å². The van der Waals surface area contributed by atoms with Crippen LogP contribution in [0, 0.1) is 0 Å². The van der Waals surface area contributed by atoms with E-state index in [9.17, 15) is 14.7 Å². The Balaban J connectivity index is 3.51. The first kappa shape index (κ1) is 57.6. The number of carbonyl (C=O) groups excluding carboxylic acids is 2. The summed E-state index contributed by atoms with van der Waals surface area (Å²) in [5.41, 5.74) is 0. The van der Waals surface area contributed by atoms with E-state index in [-0.39, 0.29) is 25.2 Å². The van der Waals surface area contributed by atoms with Gasteiger partial charge in [0.2, 0.25) is 0 Å². The molecule has 5 heteroatoms. The number of unbranched alkanes of at least 4 members (excludes halogenated alkanes) is 29. The fourth-order valence-electron chi connectivity index (χ4n) is 7.47. The highest BCUT2D eigenvalue weighted by Gasteiger charge is 2.16. The zero-order valence-electron chi connectivity index (χ0n) is 39.7. The maximum Gasteiger partial charge on any atom is 0.306 e. The van der Waals surface area contributed by atoms with Crippen LogP contribution in [0.25, 0.3) is 0 Å². The molecule has 1 N–H and O–H groups in total. The maximum atomic E-state index is 12.3. The lowest BCUT2D eigenvalue weighted by Gasteiger charge is -2.15. The van der Waals surface area contributed by atoms with Gasteiger partial charge in [-0.2, -0.15) is 0 Å². The van der Waals surface area contributed by atoms with Crippen LogP contribution in [0.2, 0.25) is 0 Å². The molecule has 348 valence electrons. The Labute approximate surface area is 372 Å². The Morgan fingerprint density at radius 3 is 1.08 bits per heavy atom. The molecule has 0 fully saturated rings. The van der Waals surface area contributed by atoms with Gasteiger partial charge >= 0.3 is 11.9 Å². The molecule has 0 radical (unpaired) electrons. The van der Waals surface area contributed by atoms with Gasteiger partial charge in [-0.25, -0.2) is 0 Å². The van der Waals surface area contributed by atoms with Gasteiger partial charge in [0.1, 0.15) is 6.61 Å². The minimum atomic E-state index is -0.783. The van der Waals surface area contributed by atoms with E-state index in [0.29, 0.717) is 12.8 Å². The van der Waals surface area contributed by atoms with Crippen LogP contribution < -0.4 is 0 Å². The monoisotopic (exact) mass is 839 g/mol. The first-order valence-electron chi connectivity index (χ1n) is 25.8. The number of esters is 2. The second-order valence-electron chi connectivity index (χ2n) is 17.2. The van der Waals surface area contributed by atoms with Gasteiger partial charge in [-0.05, 0) is 57.8 Å². The molecule has 0 aromatic heterocycles. The molecule has 0 aliphatic heterocycles. The molecule has 0 aromatic carbocycles. The van der Waals surface area contributed by atoms with Crippen molar-refractivity contribution in [2.45, 2.75) is 264 Å². The molecule has 1 atom stereocenters. The van der Waals surface area contributed by atoms with Gasteiger partial charge in [0.15, 0.2) is 6.10 Å². The third-order valence-electron chi connectivity index (χ3n) is 11.3. The molecule has 0 rings (SSSR count). The maximum absolute atomic E-state index is 12.3. The minimum Gasteiger partial charge on any atom is -0.462 e. The first-order valence-corrected chi connectivity index (χ1v) is 25.8. The summed E-state index contributed by atoms with van der Waals surface area (Å²) in [5, 5.41) is 9.62. The smallest absolute Gasteiger partial charge is 0.306 e. The summed E-state index contributed by atoms with van der Waals surface area (Å²) in [4.78, 5) is 24.5. The van der Waals surface area contributed by atoms with Gasteiger partial charge in [-0.3, -0.25) is 9.59 Å². The van der Waals surface area contributed by atoms with Crippen LogP contribution in [0.15, 0.2) is 60.8 Å². The normalized spacial score (nSPS) is 12.7. The Morgan fingerprint density at radius 1 is 0.400 bits per heavy atom. The number of hydrogen-bond donors (Lipinski definition) is 1. The quantitative estimate of drug-likeness (QED) is 0.0375. The third-order valence-corrected chi connectivity index (χ3v) is 11.3. The molecule has 0 heterocycles. The molecular formula is C55H98O5. The second-order valence-corrected chi connectivity index (χ2v) is 17.2. The Morgan fingerprint density at radius 2 is 0.717 bits per heavy atom. The highest BCUT2D eigenvalue weighted by molar-refractivity contribution is 5.70. The minimum absolute atomic E-state index is 0.0731. The average molecular weight is 839 g/mol. The van der Waals surface area contributed by atoms with Crippen LogP contribution in [-0.4, -0.2) is 36.4 Å². The Hall–Kier alpha value is -2.40. The summed E-state index contributed by atoms with van der Waals surface area (Å²) in [6, 6.07) is 0. The number of carbonyl (C=O) groups is 2. The van der Waals surface area contributed by atoms with E-state index in [4.69, 9.17) is 9.47 Å². The van der Waals surface area contributed by atoms with Crippen LogP contribution in [0.3, 0.4) is 0 Å². The van der Waals surface area contributed by atoms with Crippen LogP contribution in [0.4, 0.5) is 0 Å². The molecule has 60 heavy (non-hydrogen) atoms. The standard InChI is InChI=1S/C55H98O5/c1-3-5-7-9-11-13-15-17-19-21-23-25-26-27-28-30-31-33-35-37-39-41-43-45-47-49-54(57)59-52-53(51-56)60-55(58)50-48-46-44-42-40-38-36-34-32-29-24-22-20-18-16-14-12-10-8-6-4-2/h6,8,12,14,18,20,24,29,34,36,53,56H,3-5,7,9-11,13,15-17,19,21-23,25-28,30-33,35,37-52H2,1-2H3/b8-6-,14-12-,20-18-,29-24-,36-34-. The van der Waals surface area contributed by atoms with Crippen LogP contribution in [0.1, 0.15) is 258 Å². The zero-order chi connectivity index (χ0) is 43.5. The Kier molecular flexibility index (Phi) is 48.9. The van der Waals surface area contributed by atoms with Gasteiger partial charge in [0, 0.05) is 12.8 Å². The first-order chi connectivity index (χ1) is 29.6. The molecule has 0 saturated heterocycles. The largest absolute Gasteiger partial charge is 0.462 e.